The van der Waals surface area contributed by atoms with Crippen LogP contribution in [0, 0.1) is 0 Å². The second-order valence-corrected chi connectivity index (χ2v) is 6.79. The summed E-state index contributed by atoms with van der Waals surface area (Å²) in [7, 11) is 3.71. The highest BCUT2D eigenvalue weighted by atomic mass is 127. The minimum Gasteiger partial charge on any atom is -0.459 e. The molecule has 0 radical (unpaired) electrons. The van der Waals surface area contributed by atoms with Crippen molar-refractivity contribution in [2.45, 2.75) is 12.6 Å². The van der Waals surface area contributed by atoms with Gasteiger partial charge in [0.2, 0.25) is 0 Å². The number of nitrogens with one attached hydrogen (secondary N) is 1. The third kappa shape index (κ3) is 5.18. The van der Waals surface area contributed by atoms with Gasteiger partial charge in [0, 0.05) is 38.0 Å². The summed E-state index contributed by atoms with van der Waals surface area (Å²) in [5, 5.41) is 7.65. The van der Waals surface area contributed by atoms with Crippen LogP contribution in [0.1, 0.15) is 17.4 Å². The van der Waals surface area contributed by atoms with Crippen LogP contribution >= 0.6 is 24.0 Å². The van der Waals surface area contributed by atoms with Crippen LogP contribution in [0.2, 0.25) is 0 Å². The summed E-state index contributed by atoms with van der Waals surface area (Å²) in [6.45, 7) is 2.76. The molecule has 1 saturated heterocycles. The van der Waals surface area contributed by atoms with Crippen molar-refractivity contribution in [2.24, 2.45) is 12.0 Å². The Morgan fingerprint density at radius 3 is 2.79 bits per heavy atom. The maximum absolute atomic E-state index is 5.97. The van der Waals surface area contributed by atoms with Gasteiger partial charge in [-0.15, -0.1) is 24.0 Å². The average molecular weight is 507 g/mol. The third-order valence-electron chi connectivity index (χ3n) is 4.82. The normalized spacial score (nSPS) is 17.1. The van der Waals surface area contributed by atoms with Gasteiger partial charge in [0.25, 0.3) is 0 Å². The maximum atomic E-state index is 5.97. The van der Waals surface area contributed by atoms with Crippen LogP contribution in [-0.4, -0.2) is 47.4 Å². The van der Waals surface area contributed by atoms with Gasteiger partial charge in [0.1, 0.15) is 17.6 Å². The first-order valence-corrected chi connectivity index (χ1v) is 9.43. The molecular weight excluding hydrogens is 481 g/mol. The highest BCUT2D eigenvalue weighted by Gasteiger charge is 2.25. The number of benzene rings is 1. The number of aromatic nitrogens is 2. The second-order valence-electron chi connectivity index (χ2n) is 6.79. The molecule has 1 aliphatic rings. The molecule has 1 N–H and O–H groups in total. The van der Waals surface area contributed by atoms with E-state index < -0.39 is 0 Å². The van der Waals surface area contributed by atoms with Gasteiger partial charge >= 0.3 is 0 Å². The van der Waals surface area contributed by atoms with Crippen molar-refractivity contribution in [1.29, 1.82) is 0 Å². The minimum atomic E-state index is -0.00528. The number of rotatable bonds is 4. The van der Waals surface area contributed by atoms with Crippen LogP contribution < -0.4 is 5.32 Å². The van der Waals surface area contributed by atoms with Gasteiger partial charge < -0.3 is 19.4 Å². The zero-order chi connectivity index (χ0) is 19.3. The summed E-state index contributed by atoms with van der Waals surface area (Å²) < 4.78 is 13.7. The van der Waals surface area contributed by atoms with E-state index in [0.29, 0.717) is 13.2 Å². The topological polar surface area (TPSA) is 67.8 Å². The zero-order valence-electron chi connectivity index (χ0n) is 16.6. The largest absolute Gasteiger partial charge is 0.459 e. The summed E-state index contributed by atoms with van der Waals surface area (Å²) in [5.74, 6) is 2.59. The molecule has 3 aromatic rings. The van der Waals surface area contributed by atoms with Gasteiger partial charge in [-0.1, -0.05) is 30.3 Å². The number of hydrogen-bond donors (Lipinski definition) is 1. The number of nitrogens with zero attached hydrogens (tertiary/aromatic N) is 4. The van der Waals surface area contributed by atoms with Crippen molar-refractivity contribution in [3.63, 3.8) is 0 Å². The fourth-order valence-corrected chi connectivity index (χ4v) is 3.38. The van der Waals surface area contributed by atoms with E-state index in [1.165, 1.54) is 0 Å². The van der Waals surface area contributed by atoms with Crippen LogP contribution in [0.4, 0.5) is 0 Å². The highest BCUT2D eigenvalue weighted by molar-refractivity contribution is 14.0. The molecule has 8 heteroatoms. The summed E-state index contributed by atoms with van der Waals surface area (Å²) in [5.41, 5.74) is 2.16. The van der Waals surface area contributed by atoms with Crippen LogP contribution in [0.5, 0.6) is 0 Å². The lowest BCUT2D eigenvalue weighted by atomic mass is 10.1. The van der Waals surface area contributed by atoms with Crippen molar-refractivity contribution in [1.82, 2.24) is 20.0 Å². The van der Waals surface area contributed by atoms with E-state index in [9.17, 15) is 0 Å². The molecule has 154 valence electrons. The minimum absolute atomic E-state index is 0. The third-order valence-corrected chi connectivity index (χ3v) is 4.82. The molecule has 29 heavy (non-hydrogen) atoms. The standard InChI is InChI=1S/C21H25N5O2.HI/c1-22-21(26-10-11-27-20(15-26)17-12-24-25(2)14-17)23-13-18-8-9-19(28-18)16-6-4-3-5-7-16;/h3-9,12,14,20H,10-11,13,15H2,1-2H3,(H,22,23);1H. The Morgan fingerprint density at radius 2 is 2.07 bits per heavy atom. The highest BCUT2D eigenvalue weighted by Crippen LogP contribution is 2.23. The molecular formula is C21H26IN5O2. The van der Waals surface area contributed by atoms with Gasteiger partial charge in [0.05, 0.1) is 25.9 Å². The molecule has 3 heterocycles. The summed E-state index contributed by atoms with van der Waals surface area (Å²) in [4.78, 5) is 6.65. The molecule has 0 amide bonds. The van der Waals surface area contributed by atoms with E-state index in [0.717, 1.165) is 41.7 Å². The van der Waals surface area contributed by atoms with Gasteiger partial charge in [-0.2, -0.15) is 5.10 Å². The molecule has 1 aromatic carbocycles. The van der Waals surface area contributed by atoms with E-state index in [4.69, 9.17) is 9.15 Å². The number of hydrogen-bond acceptors (Lipinski definition) is 4. The lowest BCUT2D eigenvalue weighted by molar-refractivity contribution is -0.00807. The first-order valence-electron chi connectivity index (χ1n) is 9.43. The SMILES string of the molecule is CN=C(NCc1ccc(-c2ccccc2)o1)N1CCOC(c2cnn(C)c2)C1.I. The van der Waals surface area contributed by atoms with Crippen molar-refractivity contribution < 1.29 is 9.15 Å². The molecule has 4 rings (SSSR count). The predicted molar refractivity (Wildman–Crippen MR) is 123 cm³/mol. The fourth-order valence-electron chi connectivity index (χ4n) is 3.38. The second kappa shape index (κ2) is 9.93. The van der Waals surface area contributed by atoms with E-state index in [1.807, 2.05) is 61.9 Å². The van der Waals surface area contributed by atoms with Gasteiger partial charge in [0.15, 0.2) is 5.96 Å². The number of ether oxygens (including phenoxy) is 1. The molecule has 7 nitrogen and oxygen atoms in total. The Hall–Kier alpha value is -2.33. The number of aryl methyl sites for hydroxylation is 1. The predicted octanol–water partition coefficient (Wildman–Crippen LogP) is 3.45. The molecule has 1 unspecified atom stereocenters. The van der Waals surface area contributed by atoms with E-state index >= 15 is 0 Å². The molecule has 0 spiro atoms. The molecule has 0 saturated carbocycles. The monoisotopic (exact) mass is 507 g/mol. The van der Waals surface area contributed by atoms with Gasteiger partial charge in [-0.05, 0) is 12.1 Å². The first-order chi connectivity index (χ1) is 13.7. The molecule has 1 fully saturated rings. The van der Waals surface area contributed by atoms with Crippen LogP contribution in [-0.2, 0) is 18.3 Å². The lowest BCUT2D eigenvalue weighted by Gasteiger charge is -2.34. The number of morpholine rings is 1. The Morgan fingerprint density at radius 1 is 1.24 bits per heavy atom. The number of halogens is 1. The van der Waals surface area contributed by atoms with Crippen LogP contribution in [0.3, 0.4) is 0 Å². The molecule has 1 atom stereocenters. The van der Waals surface area contributed by atoms with E-state index in [-0.39, 0.29) is 30.1 Å². The average Bonchev–Trinajstić information content (AvgIpc) is 3.39. The Labute approximate surface area is 187 Å². The quantitative estimate of drug-likeness (QED) is 0.333. The molecule has 0 bridgehead atoms. The lowest BCUT2D eigenvalue weighted by Crippen LogP contribution is -2.47. The maximum Gasteiger partial charge on any atom is 0.194 e. The molecule has 1 aliphatic heterocycles. The molecule has 0 aliphatic carbocycles. The van der Waals surface area contributed by atoms with Crippen LogP contribution in [0.25, 0.3) is 11.3 Å². The number of guanidine groups is 1. The smallest absolute Gasteiger partial charge is 0.194 e. The Balaban J connectivity index is 0.00000240. The summed E-state index contributed by atoms with van der Waals surface area (Å²) in [6.07, 6.45) is 3.85. The van der Waals surface area contributed by atoms with E-state index in [1.54, 1.807) is 11.7 Å². The van der Waals surface area contributed by atoms with Crippen molar-refractivity contribution in [3.8, 4) is 11.3 Å². The van der Waals surface area contributed by atoms with Crippen molar-refractivity contribution >= 4 is 29.9 Å². The summed E-state index contributed by atoms with van der Waals surface area (Å²) >= 11 is 0. The van der Waals surface area contributed by atoms with Gasteiger partial charge in [-0.25, -0.2) is 0 Å². The van der Waals surface area contributed by atoms with Crippen molar-refractivity contribution in [3.05, 3.63) is 66.2 Å². The Kier molecular flexibility index (Phi) is 7.32. The van der Waals surface area contributed by atoms with Crippen LogP contribution in [0.15, 0.2) is 64.3 Å². The number of furan rings is 1. The van der Waals surface area contributed by atoms with Crippen molar-refractivity contribution in [2.75, 3.05) is 26.7 Å². The zero-order valence-corrected chi connectivity index (χ0v) is 18.9. The fraction of sp³-hybridized carbons (Fsp3) is 0.333. The molecule has 2 aromatic heterocycles. The van der Waals surface area contributed by atoms with E-state index in [2.05, 4.69) is 20.3 Å². The first kappa shape index (κ1) is 21.4. The number of aliphatic imine (C=N–C) groups is 1. The van der Waals surface area contributed by atoms with Gasteiger partial charge in [-0.3, -0.25) is 9.67 Å². The summed E-state index contributed by atoms with van der Waals surface area (Å²) in [6, 6.07) is 14.1. The Bertz CT molecular complexity index is 937.